The number of halogens is 6. The summed E-state index contributed by atoms with van der Waals surface area (Å²) in [5.41, 5.74) is -3.38. The van der Waals surface area contributed by atoms with Crippen molar-refractivity contribution in [3.8, 4) is 11.6 Å². The number of methoxy groups -OCH3 is 1. The highest BCUT2D eigenvalue weighted by atomic mass is 19.4. The van der Waals surface area contributed by atoms with Crippen LogP contribution in [0.15, 0.2) is 6.07 Å². The van der Waals surface area contributed by atoms with Gasteiger partial charge in [0.2, 0.25) is 0 Å². The topological polar surface area (TPSA) is 68.7 Å². The molecule has 0 fully saturated rings. The lowest BCUT2D eigenvalue weighted by molar-refractivity contribution is -0.276. The Bertz CT molecular complexity index is 524. The van der Waals surface area contributed by atoms with Crippen LogP contribution in [-0.4, -0.2) is 29.5 Å². The van der Waals surface area contributed by atoms with Gasteiger partial charge in [0.15, 0.2) is 11.4 Å². The molecule has 0 spiro atoms. The number of hydrogen-bond acceptors (Lipinski definition) is 4. The molecule has 112 valence electrons. The molecule has 0 aliphatic rings. The van der Waals surface area contributed by atoms with E-state index in [-0.39, 0.29) is 6.07 Å². The molecule has 1 aromatic rings. The van der Waals surface area contributed by atoms with Crippen molar-refractivity contribution < 1.29 is 45.7 Å². The van der Waals surface area contributed by atoms with Crippen molar-refractivity contribution in [1.82, 2.24) is 4.98 Å². The van der Waals surface area contributed by atoms with Crippen molar-refractivity contribution in [1.29, 1.82) is 0 Å². The van der Waals surface area contributed by atoms with Crippen LogP contribution in [0, 0.1) is 0 Å². The molecule has 0 saturated heterocycles. The van der Waals surface area contributed by atoms with Gasteiger partial charge in [-0.15, -0.1) is 13.2 Å². The number of pyridine rings is 1. The fourth-order valence-electron chi connectivity index (χ4n) is 1.19. The predicted octanol–water partition coefficient (Wildman–Crippen LogP) is 2.71. The Morgan fingerprint density at radius 3 is 2.15 bits per heavy atom. The second kappa shape index (κ2) is 5.06. The summed E-state index contributed by atoms with van der Waals surface area (Å²) < 4.78 is 81.4. The molecule has 0 atom stereocenters. The van der Waals surface area contributed by atoms with E-state index in [1.54, 1.807) is 0 Å². The average Bonchev–Trinajstić information content (AvgIpc) is 2.24. The molecule has 1 rings (SSSR count). The highest BCUT2D eigenvalue weighted by Gasteiger charge is 2.40. The lowest BCUT2D eigenvalue weighted by atomic mass is 10.1. The zero-order chi connectivity index (χ0) is 15.7. The number of aromatic nitrogens is 1. The van der Waals surface area contributed by atoms with Gasteiger partial charge in [-0.2, -0.15) is 13.2 Å². The van der Waals surface area contributed by atoms with Crippen LogP contribution in [0.3, 0.4) is 0 Å². The Kier molecular flexibility index (Phi) is 4.01. The fraction of sp³-hybridized carbons (Fsp3) is 0.333. The van der Waals surface area contributed by atoms with Crippen LogP contribution < -0.4 is 9.47 Å². The number of aromatic carboxylic acids is 1. The summed E-state index contributed by atoms with van der Waals surface area (Å²) in [7, 11) is 0.779. The summed E-state index contributed by atoms with van der Waals surface area (Å²) in [6, 6.07) is 0.0670. The third-order valence-corrected chi connectivity index (χ3v) is 1.89. The number of hydrogen-bond donors (Lipinski definition) is 1. The minimum Gasteiger partial charge on any atom is -0.491 e. The number of carbonyl (C=O) groups is 1. The molecule has 0 unspecified atom stereocenters. The van der Waals surface area contributed by atoms with Gasteiger partial charge in [-0.25, -0.2) is 9.78 Å². The first-order chi connectivity index (χ1) is 8.95. The maximum absolute atomic E-state index is 12.6. The standard InChI is InChI=1S/C9H5F6NO4/c1-19-4-2-3(8(10,11)12)5(7(17)18)16-6(4)20-9(13,14)15/h2H,1H3,(H,17,18). The van der Waals surface area contributed by atoms with Crippen LogP contribution >= 0.6 is 0 Å². The van der Waals surface area contributed by atoms with Crippen LogP contribution in [-0.2, 0) is 6.18 Å². The molecular weight excluding hydrogens is 300 g/mol. The molecule has 1 aromatic heterocycles. The Hall–Kier alpha value is -2.20. The van der Waals surface area contributed by atoms with Crippen LogP contribution in [0.25, 0.3) is 0 Å². The average molecular weight is 305 g/mol. The van der Waals surface area contributed by atoms with E-state index in [9.17, 15) is 31.1 Å². The molecule has 0 aliphatic carbocycles. The van der Waals surface area contributed by atoms with Crippen molar-refractivity contribution in [3.05, 3.63) is 17.3 Å². The Morgan fingerprint density at radius 2 is 1.80 bits per heavy atom. The largest absolute Gasteiger partial charge is 0.574 e. The molecule has 1 heterocycles. The normalized spacial score (nSPS) is 12.2. The van der Waals surface area contributed by atoms with Crippen molar-refractivity contribution in [3.63, 3.8) is 0 Å². The van der Waals surface area contributed by atoms with Gasteiger partial charge < -0.3 is 14.6 Å². The lowest BCUT2D eigenvalue weighted by Gasteiger charge is -2.15. The molecule has 1 N–H and O–H groups in total. The molecule has 5 nitrogen and oxygen atoms in total. The first-order valence-corrected chi connectivity index (χ1v) is 4.61. The zero-order valence-electron chi connectivity index (χ0n) is 9.46. The van der Waals surface area contributed by atoms with E-state index in [0.717, 1.165) is 7.11 Å². The van der Waals surface area contributed by atoms with Gasteiger partial charge in [-0.1, -0.05) is 0 Å². The molecule has 0 amide bonds. The minimum atomic E-state index is -5.27. The van der Waals surface area contributed by atoms with E-state index in [1.165, 1.54) is 0 Å². The highest BCUT2D eigenvalue weighted by Crippen LogP contribution is 2.38. The number of ether oxygens (including phenoxy) is 2. The van der Waals surface area contributed by atoms with E-state index in [0.29, 0.717) is 0 Å². The molecule has 0 radical (unpaired) electrons. The van der Waals surface area contributed by atoms with Crippen LogP contribution in [0.2, 0.25) is 0 Å². The smallest absolute Gasteiger partial charge is 0.491 e. The summed E-state index contributed by atoms with van der Waals surface area (Å²) >= 11 is 0. The van der Waals surface area contributed by atoms with E-state index in [2.05, 4.69) is 14.5 Å². The molecule has 0 saturated carbocycles. The van der Waals surface area contributed by atoms with E-state index in [1.807, 2.05) is 0 Å². The monoisotopic (exact) mass is 305 g/mol. The number of alkyl halides is 6. The van der Waals surface area contributed by atoms with Crippen molar-refractivity contribution in [2.45, 2.75) is 12.5 Å². The van der Waals surface area contributed by atoms with Gasteiger partial charge >= 0.3 is 18.5 Å². The highest BCUT2D eigenvalue weighted by molar-refractivity contribution is 5.87. The third kappa shape index (κ3) is 3.65. The summed E-state index contributed by atoms with van der Waals surface area (Å²) in [4.78, 5) is 13.4. The van der Waals surface area contributed by atoms with Crippen LogP contribution in [0.4, 0.5) is 26.3 Å². The van der Waals surface area contributed by atoms with Gasteiger partial charge in [-0.05, 0) is 0 Å². The summed E-state index contributed by atoms with van der Waals surface area (Å²) in [6.45, 7) is 0. The van der Waals surface area contributed by atoms with Crippen molar-refractivity contribution in [2.75, 3.05) is 7.11 Å². The first-order valence-electron chi connectivity index (χ1n) is 4.61. The number of rotatable bonds is 3. The maximum Gasteiger partial charge on any atom is 0.574 e. The lowest BCUT2D eigenvalue weighted by Crippen LogP contribution is -2.21. The van der Waals surface area contributed by atoms with Crippen molar-refractivity contribution in [2.24, 2.45) is 0 Å². The van der Waals surface area contributed by atoms with E-state index >= 15 is 0 Å². The second-order valence-corrected chi connectivity index (χ2v) is 3.24. The van der Waals surface area contributed by atoms with E-state index < -0.39 is 41.4 Å². The van der Waals surface area contributed by atoms with Crippen LogP contribution in [0.1, 0.15) is 16.1 Å². The first kappa shape index (κ1) is 15.9. The molecule has 0 bridgehead atoms. The zero-order valence-corrected chi connectivity index (χ0v) is 9.46. The minimum absolute atomic E-state index is 0.0670. The van der Waals surface area contributed by atoms with Gasteiger partial charge in [0, 0.05) is 6.07 Å². The summed E-state index contributed by atoms with van der Waals surface area (Å²) in [6.07, 6.45) is -10.4. The summed E-state index contributed by atoms with van der Waals surface area (Å²) in [5.74, 6) is -4.59. The van der Waals surface area contributed by atoms with Gasteiger partial charge in [0.25, 0.3) is 5.88 Å². The molecule has 0 aliphatic heterocycles. The van der Waals surface area contributed by atoms with Crippen molar-refractivity contribution >= 4 is 5.97 Å². The third-order valence-electron chi connectivity index (χ3n) is 1.89. The predicted molar refractivity (Wildman–Crippen MR) is 49.4 cm³/mol. The quantitative estimate of drug-likeness (QED) is 0.870. The van der Waals surface area contributed by atoms with Gasteiger partial charge in [0.1, 0.15) is 0 Å². The van der Waals surface area contributed by atoms with Crippen LogP contribution in [0.5, 0.6) is 11.6 Å². The molecule has 20 heavy (non-hydrogen) atoms. The Balaban J connectivity index is 3.49. The number of nitrogens with zero attached hydrogens (tertiary/aromatic N) is 1. The number of carboxylic acid groups (broad SMARTS) is 1. The maximum atomic E-state index is 12.6. The molecular formula is C9H5F6NO4. The summed E-state index contributed by atoms with van der Waals surface area (Å²) in [5, 5.41) is 8.58. The van der Waals surface area contributed by atoms with Gasteiger partial charge in [-0.3, -0.25) is 0 Å². The van der Waals surface area contributed by atoms with Gasteiger partial charge in [0.05, 0.1) is 12.7 Å². The fourth-order valence-corrected chi connectivity index (χ4v) is 1.19. The second-order valence-electron chi connectivity index (χ2n) is 3.24. The SMILES string of the molecule is COc1cc(C(F)(F)F)c(C(=O)O)nc1OC(F)(F)F. The molecule has 0 aromatic carbocycles. The van der Waals surface area contributed by atoms with E-state index in [4.69, 9.17) is 5.11 Å². The Labute approximate surface area is 106 Å². The Morgan fingerprint density at radius 1 is 1.25 bits per heavy atom. The molecule has 11 heteroatoms. The number of carboxylic acids is 1.